The van der Waals surface area contributed by atoms with E-state index >= 15 is 0 Å². The number of nitrogens with one attached hydrogen (secondary N) is 2. The van der Waals surface area contributed by atoms with Crippen LogP contribution in [0.15, 0.2) is 18.2 Å². The van der Waals surface area contributed by atoms with Crippen LogP contribution < -0.4 is 10.6 Å². The Balaban J connectivity index is 1.72. The van der Waals surface area contributed by atoms with Crippen molar-refractivity contribution in [1.29, 1.82) is 0 Å². The monoisotopic (exact) mass is 258 g/mol. The minimum atomic E-state index is 0.0914. The highest BCUT2D eigenvalue weighted by Gasteiger charge is 2.32. The Morgan fingerprint density at radius 2 is 2.21 bits per heavy atom. The third-order valence-electron chi connectivity index (χ3n) is 4.58. The summed E-state index contributed by atoms with van der Waals surface area (Å²) in [6, 6.07) is 5.99. The molecule has 0 bridgehead atoms. The molecule has 0 saturated heterocycles. The second-order valence-corrected chi connectivity index (χ2v) is 6.21. The van der Waals surface area contributed by atoms with Crippen molar-refractivity contribution in [3.63, 3.8) is 0 Å². The molecule has 19 heavy (non-hydrogen) atoms. The maximum atomic E-state index is 12.4. The lowest BCUT2D eigenvalue weighted by molar-refractivity contribution is 0.0890. The average Bonchev–Trinajstić information content (AvgIpc) is 2.42. The number of anilines is 1. The predicted octanol–water partition coefficient (Wildman–Crippen LogP) is 2.96. The minimum Gasteiger partial charge on any atom is -0.385 e. The summed E-state index contributed by atoms with van der Waals surface area (Å²) in [6.45, 7) is 4.08. The van der Waals surface area contributed by atoms with E-state index in [0.29, 0.717) is 5.41 Å². The maximum Gasteiger partial charge on any atom is 0.251 e. The number of hydrogen-bond acceptors (Lipinski definition) is 2. The molecule has 2 N–H and O–H groups in total. The van der Waals surface area contributed by atoms with Gasteiger partial charge in [-0.15, -0.1) is 0 Å². The second-order valence-electron chi connectivity index (χ2n) is 6.21. The van der Waals surface area contributed by atoms with Crippen LogP contribution in [0.2, 0.25) is 0 Å². The van der Waals surface area contributed by atoms with Crippen molar-refractivity contribution in [3.05, 3.63) is 29.3 Å². The summed E-state index contributed by atoms with van der Waals surface area (Å²) >= 11 is 0. The predicted molar refractivity (Wildman–Crippen MR) is 77.5 cm³/mol. The van der Waals surface area contributed by atoms with Crippen molar-refractivity contribution < 1.29 is 4.79 Å². The highest BCUT2D eigenvalue weighted by atomic mass is 16.1. The van der Waals surface area contributed by atoms with Gasteiger partial charge in [-0.3, -0.25) is 4.79 Å². The van der Waals surface area contributed by atoms with Crippen molar-refractivity contribution in [3.8, 4) is 0 Å². The van der Waals surface area contributed by atoms with Crippen LogP contribution in [0.25, 0.3) is 0 Å². The quantitative estimate of drug-likeness (QED) is 0.875. The molecule has 0 unspecified atom stereocenters. The van der Waals surface area contributed by atoms with E-state index in [1.165, 1.54) is 24.8 Å². The lowest BCUT2D eigenvalue weighted by Gasteiger charge is -2.38. The summed E-state index contributed by atoms with van der Waals surface area (Å²) in [7, 11) is 0. The maximum absolute atomic E-state index is 12.4. The van der Waals surface area contributed by atoms with Gasteiger partial charge in [0.15, 0.2) is 0 Å². The first-order valence-electron chi connectivity index (χ1n) is 7.32. The van der Waals surface area contributed by atoms with E-state index in [1.54, 1.807) is 0 Å². The Morgan fingerprint density at radius 1 is 1.37 bits per heavy atom. The molecule has 1 fully saturated rings. The first-order chi connectivity index (χ1) is 9.18. The first-order valence-corrected chi connectivity index (χ1v) is 7.32. The fourth-order valence-corrected chi connectivity index (χ4v) is 3.07. The number of carbonyl (C=O) groups excluding carboxylic acids is 1. The number of amides is 1. The Morgan fingerprint density at radius 3 is 2.95 bits per heavy atom. The van der Waals surface area contributed by atoms with Crippen LogP contribution in [-0.4, -0.2) is 19.0 Å². The van der Waals surface area contributed by atoms with E-state index in [0.717, 1.165) is 37.2 Å². The van der Waals surface area contributed by atoms with Crippen molar-refractivity contribution in [2.75, 3.05) is 18.4 Å². The van der Waals surface area contributed by atoms with Crippen molar-refractivity contribution >= 4 is 11.6 Å². The summed E-state index contributed by atoms with van der Waals surface area (Å²) in [5, 5.41) is 6.50. The van der Waals surface area contributed by atoms with Gasteiger partial charge in [0, 0.05) is 24.3 Å². The number of carbonyl (C=O) groups is 1. The zero-order valence-electron chi connectivity index (χ0n) is 11.6. The molecular formula is C16H22N2O. The molecule has 3 nitrogen and oxygen atoms in total. The van der Waals surface area contributed by atoms with E-state index in [2.05, 4.69) is 23.6 Å². The molecule has 1 aliphatic heterocycles. The number of hydrogen-bond donors (Lipinski definition) is 2. The normalized spacial score (nSPS) is 19.8. The molecule has 2 aliphatic rings. The summed E-state index contributed by atoms with van der Waals surface area (Å²) in [6.07, 6.45) is 5.89. The zero-order chi connectivity index (χ0) is 13.3. The zero-order valence-corrected chi connectivity index (χ0v) is 11.6. The van der Waals surface area contributed by atoms with E-state index in [4.69, 9.17) is 0 Å². The molecule has 1 saturated carbocycles. The Hall–Kier alpha value is -1.51. The van der Waals surface area contributed by atoms with Gasteiger partial charge in [0.25, 0.3) is 5.91 Å². The molecule has 1 aromatic rings. The molecule has 1 amide bonds. The fourth-order valence-electron chi connectivity index (χ4n) is 3.07. The van der Waals surface area contributed by atoms with Crippen LogP contribution in [0.4, 0.5) is 5.69 Å². The Kier molecular flexibility index (Phi) is 3.21. The van der Waals surface area contributed by atoms with Gasteiger partial charge in [-0.25, -0.2) is 0 Å². The van der Waals surface area contributed by atoms with Crippen molar-refractivity contribution in [1.82, 2.24) is 5.32 Å². The van der Waals surface area contributed by atoms with Crippen LogP contribution in [0.1, 0.15) is 48.5 Å². The summed E-state index contributed by atoms with van der Waals surface area (Å²) in [5.74, 6) is 0.0914. The van der Waals surface area contributed by atoms with Crippen LogP contribution >= 0.6 is 0 Å². The van der Waals surface area contributed by atoms with E-state index in [9.17, 15) is 4.79 Å². The molecule has 1 aliphatic carbocycles. The lowest BCUT2D eigenvalue weighted by atomic mass is 9.70. The highest BCUT2D eigenvalue weighted by molar-refractivity contribution is 5.97. The Bertz CT molecular complexity index is 492. The lowest BCUT2D eigenvalue weighted by Crippen LogP contribution is -2.40. The third kappa shape index (κ3) is 2.46. The van der Waals surface area contributed by atoms with Crippen LogP contribution in [0.5, 0.6) is 0 Å². The second kappa shape index (κ2) is 4.87. The molecule has 0 spiro atoms. The molecular weight excluding hydrogens is 236 g/mol. The fraction of sp³-hybridized carbons (Fsp3) is 0.562. The van der Waals surface area contributed by atoms with Crippen molar-refractivity contribution in [2.24, 2.45) is 5.41 Å². The molecule has 0 radical (unpaired) electrons. The number of benzene rings is 1. The molecule has 3 rings (SSSR count). The van der Waals surface area contributed by atoms with Gasteiger partial charge in [0.05, 0.1) is 0 Å². The van der Waals surface area contributed by atoms with Gasteiger partial charge in [-0.05, 0) is 48.8 Å². The SMILES string of the molecule is CC1(CNC(=O)c2cccc3c2CCCN3)CCC1. The van der Waals surface area contributed by atoms with Gasteiger partial charge < -0.3 is 10.6 Å². The minimum absolute atomic E-state index is 0.0914. The van der Waals surface area contributed by atoms with Crippen molar-refractivity contribution in [2.45, 2.75) is 39.0 Å². The van der Waals surface area contributed by atoms with E-state index < -0.39 is 0 Å². The first kappa shape index (κ1) is 12.5. The topological polar surface area (TPSA) is 41.1 Å². The van der Waals surface area contributed by atoms with Crippen LogP contribution in [0, 0.1) is 5.41 Å². The highest BCUT2D eigenvalue weighted by Crippen LogP contribution is 2.39. The van der Waals surface area contributed by atoms with Gasteiger partial charge >= 0.3 is 0 Å². The standard InChI is InChI=1S/C16H22N2O/c1-16(8-4-9-16)11-18-15(19)13-5-2-7-14-12(13)6-3-10-17-14/h2,5,7,17H,3-4,6,8-11H2,1H3,(H,18,19). The van der Waals surface area contributed by atoms with Gasteiger partial charge in [0.1, 0.15) is 0 Å². The summed E-state index contributed by atoms with van der Waals surface area (Å²) in [5.41, 5.74) is 3.51. The molecule has 1 heterocycles. The molecule has 1 aromatic carbocycles. The number of fused-ring (bicyclic) bond motifs is 1. The molecule has 102 valence electrons. The molecule has 0 aromatic heterocycles. The summed E-state index contributed by atoms with van der Waals surface area (Å²) < 4.78 is 0. The molecule has 3 heteroatoms. The van der Waals surface area contributed by atoms with Gasteiger partial charge in [-0.2, -0.15) is 0 Å². The molecule has 0 atom stereocenters. The van der Waals surface area contributed by atoms with Crippen LogP contribution in [-0.2, 0) is 6.42 Å². The van der Waals surface area contributed by atoms with Gasteiger partial charge in [-0.1, -0.05) is 19.4 Å². The van der Waals surface area contributed by atoms with Gasteiger partial charge in [0.2, 0.25) is 0 Å². The smallest absolute Gasteiger partial charge is 0.251 e. The Labute approximate surface area is 114 Å². The van der Waals surface area contributed by atoms with E-state index in [-0.39, 0.29) is 5.91 Å². The van der Waals surface area contributed by atoms with E-state index in [1.807, 2.05) is 12.1 Å². The number of rotatable bonds is 3. The third-order valence-corrected chi connectivity index (χ3v) is 4.58. The largest absolute Gasteiger partial charge is 0.385 e. The summed E-state index contributed by atoms with van der Waals surface area (Å²) in [4.78, 5) is 12.4. The van der Waals surface area contributed by atoms with Crippen LogP contribution in [0.3, 0.4) is 0 Å². The average molecular weight is 258 g/mol.